The molecule has 1 aromatic carbocycles. The highest BCUT2D eigenvalue weighted by Gasteiger charge is 2.54. The first-order valence-electron chi connectivity index (χ1n) is 10.1. The van der Waals surface area contributed by atoms with E-state index in [1.54, 1.807) is 0 Å². The first-order valence-corrected chi connectivity index (χ1v) is 10.1. The maximum absolute atomic E-state index is 10.5. The van der Waals surface area contributed by atoms with Gasteiger partial charge >= 0.3 is 0 Å². The Kier molecular flexibility index (Phi) is 3.54. The number of aliphatic hydroxyl groups excluding tert-OH is 1. The largest absolute Gasteiger partial charge is 0.507 e. The van der Waals surface area contributed by atoms with Crippen molar-refractivity contribution in [1.82, 2.24) is 0 Å². The Morgan fingerprint density at radius 3 is 2.76 bits per heavy atom. The van der Waals surface area contributed by atoms with Gasteiger partial charge in [0.2, 0.25) is 0 Å². The molecule has 1 aromatic rings. The lowest BCUT2D eigenvalue weighted by atomic mass is 9.55. The molecule has 5 rings (SSSR count). The third-order valence-electron chi connectivity index (χ3n) is 7.79. The number of benzene rings is 1. The molecule has 2 N–H and O–H groups in total. The molecule has 0 radical (unpaired) electrons. The molecular formula is C22H29NO2. The number of aryl methyl sites for hydroxylation is 1. The van der Waals surface area contributed by atoms with Gasteiger partial charge in [0.25, 0.3) is 0 Å². The summed E-state index contributed by atoms with van der Waals surface area (Å²) in [5.41, 5.74) is 3.82. The van der Waals surface area contributed by atoms with Crippen LogP contribution in [0.4, 0.5) is 0 Å². The van der Waals surface area contributed by atoms with Crippen molar-refractivity contribution in [2.45, 2.75) is 76.4 Å². The van der Waals surface area contributed by atoms with Crippen molar-refractivity contribution in [3.05, 3.63) is 28.8 Å². The van der Waals surface area contributed by atoms with Crippen LogP contribution in [-0.2, 0) is 6.42 Å². The smallest absolute Gasteiger partial charge is 0.124 e. The minimum atomic E-state index is -0.110. The average molecular weight is 339 g/mol. The zero-order valence-electron chi connectivity index (χ0n) is 15.1. The molecule has 4 aliphatic carbocycles. The van der Waals surface area contributed by atoms with Gasteiger partial charge in [-0.05, 0) is 97.8 Å². The lowest BCUT2D eigenvalue weighted by molar-refractivity contribution is -0.0226. The molecule has 4 aliphatic rings. The fraction of sp³-hybridized carbons (Fsp3) is 0.682. The second-order valence-corrected chi connectivity index (χ2v) is 9.17. The van der Waals surface area contributed by atoms with E-state index < -0.39 is 0 Å². The predicted molar refractivity (Wildman–Crippen MR) is 99.3 cm³/mol. The third kappa shape index (κ3) is 2.46. The number of fused-ring (bicyclic) bond motifs is 5. The average Bonchev–Trinajstić information content (AvgIpc) is 3.37. The highest BCUT2D eigenvalue weighted by molar-refractivity contribution is 5.84. The zero-order chi connectivity index (χ0) is 17.2. The number of aliphatic hydroxyl groups is 1. The zero-order valence-corrected chi connectivity index (χ0v) is 15.1. The second kappa shape index (κ2) is 5.57. The first kappa shape index (κ1) is 15.9. The number of hydrogen-bond acceptors (Lipinski definition) is 3. The predicted octanol–water partition coefficient (Wildman–Crippen LogP) is 4.19. The normalized spacial score (nSPS) is 39.9. The van der Waals surface area contributed by atoms with Crippen LogP contribution in [0.1, 0.15) is 74.5 Å². The van der Waals surface area contributed by atoms with Crippen molar-refractivity contribution in [3.8, 4) is 5.75 Å². The summed E-state index contributed by atoms with van der Waals surface area (Å²) >= 11 is 0. The molecule has 0 amide bonds. The molecule has 0 unspecified atom stereocenters. The summed E-state index contributed by atoms with van der Waals surface area (Å²) in [6.07, 6.45) is 10.9. The summed E-state index contributed by atoms with van der Waals surface area (Å²) in [4.78, 5) is 4.58. The molecule has 0 saturated heterocycles. The van der Waals surface area contributed by atoms with Crippen molar-refractivity contribution in [2.24, 2.45) is 22.2 Å². The lowest BCUT2D eigenvalue weighted by Gasteiger charge is -2.50. The fourth-order valence-corrected chi connectivity index (χ4v) is 6.11. The van der Waals surface area contributed by atoms with Gasteiger partial charge in [0, 0.05) is 11.8 Å². The van der Waals surface area contributed by atoms with Crippen LogP contribution in [0.3, 0.4) is 0 Å². The van der Waals surface area contributed by atoms with Crippen LogP contribution in [0, 0.1) is 17.3 Å². The van der Waals surface area contributed by atoms with E-state index in [2.05, 4.69) is 18.0 Å². The van der Waals surface area contributed by atoms with Crippen LogP contribution < -0.4 is 0 Å². The van der Waals surface area contributed by atoms with Gasteiger partial charge < -0.3 is 10.2 Å². The van der Waals surface area contributed by atoms with Crippen molar-refractivity contribution in [2.75, 3.05) is 0 Å². The van der Waals surface area contributed by atoms with E-state index in [9.17, 15) is 10.2 Å². The van der Waals surface area contributed by atoms with Crippen LogP contribution in [0.25, 0.3) is 0 Å². The molecule has 0 aliphatic heterocycles. The molecule has 0 aromatic heterocycles. The van der Waals surface area contributed by atoms with Crippen LogP contribution in [0.2, 0.25) is 0 Å². The number of nitrogens with zero attached hydrogens (tertiary/aromatic N) is 1. The van der Waals surface area contributed by atoms with Gasteiger partial charge in [-0.1, -0.05) is 6.92 Å². The first-order chi connectivity index (χ1) is 12.1. The summed E-state index contributed by atoms with van der Waals surface area (Å²) in [5.74, 6) is 2.34. The molecule has 0 spiro atoms. The molecule has 3 heteroatoms. The fourth-order valence-electron chi connectivity index (χ4n) is 6.11. The number of aromatic hydroxyl groups is 1. The van der Waals surface area contributed by atoms with Crippen LogP contribution in [0.5, 0.6) is 5.75 Å². The summed E-state index contributed by atoms with van der Waals surface area (Å²) in [6.45, 7) is 2.33. The topological polar surface area (TPSA) is 52.8 Å². The molecule has 0 heterocycles. The SMILES string of the molecule is C[C@]12CC[C@@H]3c4cc(C=NC5CC5)c(O)cc4CC[C@H]3[C@@H]1CC[C@@H]2O. The van der Waals surface area contributed by atoms with E-state index in [1.165, 1.54) is 43.2 Å². The Morgan fingerprint density at radius 1 is 1.12 bits per heavy atom. The van der Waals surface area contributed by atoms with Gasteiger partial charge in [-0.3, -0.25) is 4.99 Å². The molecule has 0 bridgehead atoms. The highest BCUT2D eigenvalue weighted by Crippen LogP contribution is 2.61. The lowest BCUT2D eigenvalue weighted by Crippen LogP contribution is -2.43. The van der Waals surface area contributed by atoms with Gasteiger partial charge in [-0.25, -0.2) is 0 Å². The standard InChI is InChI=1S/C22H29NO2/c1-22-9-8-16-17(19(22)6-7-21(22)25)5-2-13-11-20(24)14(10-18(13)16)12-23-15-3-4-15/h10-12,15-17,19,21,24-25H,2-9H2,1H3/t16-,17+,19-,21-,22-/m0/s1. The van der Waals surface area contributed by atoms with Crippen molar-refractivity contribution < 1.29 is 10.2 Å². The number of phenolic OH excluding ortho intramolecular Hbond substituents is 1. The summed E-state index contributed by atoms with van der Waals surface area (Å²) < 4.78 is 0. The number of phenols is 1. The molecule has 3 saturated carbocycles. The Labute approximate surface area is 150 Å². The van der Waals surface area contributed by atoms with E-state index in [0.717, 1.165) is 24.8 Å². The monoisotopic (exact) mass is 339 g/mol. The van der Waals surface area contributed by atoms with Gasteiger partial charge in [-0.15, -0.1) is 0 Å². The molecule has 3 fully saturated rings. The molecule has 3 nitrogen and oxygen atoms in total. The number of hydrogen-bond donors (Lipinski definition) is 2. The third-order valence-corrected chi connectivity index (χ3v) is 7.79. The van der Waals surface area contributed by atoms with E-state index in [-0.39, 0.29) is 11.5 Å². The Hall–Kier alpha value is -1.35. The van der Waals surface area contributed by atoms with Gasteiger partial charge in [0.05, 0.1) is 12.1 Å². The summed E-state index contributed by atoms with van der Waals surface area (Å²) in [7, 11) is 0. The maximum atomic E-state index is 10.5. The molecule has 134 valence electrons. The second-order valence-electron chi connectivity index (χ2n) is 9.17. The molecule has 5 atom stereocenters. The minimum Gasteiger partial charge on any atom is -0.507 e. The van der Waals surface area contributed by atoms with Gasteiger partial charge in [-0.2, -0.15) is 0 Å². The molecular weight excluding hydrogens is 310 g/mol. The molecule has 25 heavy (non-hydrogen) atoms. The summed E-state index contributed by atoms with van der Waals surface area (Å²) in [5, 5.41) is 20.9. The Balaban J connectivity index is 1.49. The Morgan fingerprint density at radius 2 is 1.96 bits per heavy atom. The van der Waals surface area contributed by atoms with Crippen LogP contribution >= 0.6 is 0 Å². The van der Waals surface area contributed by atoms with Crippen molar-refractivity contribution in [1.29, 1.82) is 0 Å². The van der Waals surface area contributed by atoms with E-state index in [4.69, 9.17) is 0 Å². The van der Waals surface area contributed by atoms with E-state index in [0.29, 0.717) is 29.5 Å². The number of aliphatic imine (C=N–C) groups is 1. The summed E-state index contributed by atoms with van der Waals surface area (Å²) in [6, 6.07) is 4.71. The van der Waals surface area contributed by atoms with Gasteiger partial charge in [0.1, 0.15) is 5.75 Å². The Bertz CT molecular complexity index is 723. The quantitative estimate of drug-likeness (QED) is 0.794. The van der Waals surface area contributed by atoms with Crippen molar-refractivity contribution >= 4 is 6.21 Å². The van der Waals surface area contributed by atoms with E-state index in [1.807, 2.05) is 12.3 Å². The highest BCUT2D eigenvalue weighted by atomic mass is 16.3. The van der Waals surface area contributed by atoms with Crippen LogP contribution in [0.15, 0.2) is 17.1 Å². The van der Waals surface area contributed by atoms with Gasteiger partial charge in [0.15, 0.2) is 0 Å². The number of rotatable bonds is 2. The minimum absolute atomic E-state index is 0.110. The van der Waals surface area contributed by atoms with E-state index >= 15 is 0 Å². The van der Waals surface area contributed by atoms with Crippen LogP contribution in [-0.4, -0.2) is 28.6 Å². The maximum Gasteiger partial charge on any atom is 0.124 e. The van der Waals surface area contributed by atoms with Crippen molar-refractivity contribution in [3.63, 3.8) is 0 Å².